The highest BCUT2D eigenvalue weighted by Crippen LogP contribution is 2.18. The maximum absolute atomic E-state index is 5.58. The van der Waals surface area contributed by atoms with Gasteiger partial charge in [-0.3, -0.25) is 5.10 Å². The number of H-pyrrole nitrogens is 1. The molecule has 1 aromatic heterocycles. The van der Waals surface area contributed by atoms with Crippen molar-refractivity contribution in [3.8, 4) is 5.75 Å². The van der Waals surface area contributed by atoms with Crippen LogP contribution in [0, 0.1) is 0 Å². The Kier molecular flexibility index (Phi) is 2.68. The molecule has 0 amide bonds. The first-order chi connectivity index (χ1) is 6.90. The molecule has 0 aliphatic rings. The molecule has 0 saturated heterocycles. The molecular formula is C11H14N2O. The monoisotopic (exact) mass is 190 g/mol. The Balaban J connectivity index is 2.10. The van der Waals surface area contributed by atoms with E-state index in [1.165, 1.54) is 0 Å². The first kappa shape index (κ1) is 9.06. The van der Waals surface area contributed by atoms with Crippen molar-refractivity contribution in [2.24, 2.45) is 0 Å². The number of rotatable bonds is 4. The first-order valence-corrected chi connectivity index (χ1v) is 4.96. The van der Waals surface area contributed by atoms with Crippen molar-refractivity contribution >= 4 is 10.9 Å². The maximum Gasteiger partial charge on any atom is 0.120 e. The zero-order chi connectivity index (χ0) is 9.80. The fourth-order valence-corrected chi connectivity index (χ4v) is 1.34. The van der Waals surface area contributed by atoms with Crippen molar-refractivity contribution < 1.29 is 4.74 Å². The summed E-state index contributed by atoms with van der Waals surface area (Å²) in [7, 11) is 0. The van der Waals surface area contributed by atoms with Crippen LogP contribution in [0.15, 0.2) is 24.4 Å². The van der Waals surface area contributed by atoms with Crippen LogP contribution in [0.4, 0.5) is 0 Å². The molecular weight excluding hydrogens is 176 g/mol. The molecule has 0 saturated carbocycles. The Bertz CT molecular complexity index is 408. The average Bonchev–Trinajstić information content (AvgIpc) is 2.65. The number of unbranched alkanes of at least 4 members (excludes halogenated alkanes) is 1. The number of fused-ring (bicyclic) bond motifs is 1. The maximum atomic E-state index is 5.58. The molecule has 2 rings (SSSR count). The van der Waals surface area contributed by atoms with Gasteiger partial charge in [-0.15, -0.1) is 0 Å². The van der Waals surface area contributed by atoms with Gasteiger partial charge in [-0.05, 0) is 24.6 Å². The Morgan fingerprint density at radius 3 is 3.21 bits per heavy atom. The summed E-state index contributed by atoms with van der Waals surface area (Å²) in [6.07, 6.45) is 4.07. The summed E-state index contributed by atoms with van der Waals surface area (Å²) in [6, 6.07) is 5.97. The summed E-state index contributed by atoms with van der Waals surface area (Å²) in [4.78, 5) is 0. The molecule has 74 valence electrons. The molecule has 0 fully saturated rings. The summed E-state index contributed by atoms with van der Waals surface area (Å²) < 4.78 is 5.58. The fourth-order valence-electron chi connectivity index (χ4n) is 1.34. The Labute approximate surface area is 83.1 Å². The number of aromatic nitrogens is 2. The molecule has 3 heteroatoms. The highest BCUT2D eigenvalue weighted by Gasteiger charge is 1.97. The standard InChI is InChI=1S/C11H14N2O/c1-2-3-6-14-10-4-5-11-9(7-10)8-12-13-11/h4-5,7-8H,2-3,6H2,1H3,(H,12,13). The van der Waals surface area contributed by atoms with Crippen LogP contribution in [0.5, 0.6) is 5.75 Å². The Morgan fingerprint density at radius 2 is 2.36 bits per heavy atom. The summed E-state index contributed by atoms with van der Waals surface area (Å²) in [5.74, 6) is 0.923. The van der Waals surface area contributed by atoms with Gasteiger partial charge in [0.05, 0.1) is 18.3 Å². The minimum Gasteiger partial charge on any atom is -0.494 e. The van der Waals surface area contributed by atoms with Gasteiger partial charge in [-0.2, -0.15) is 5.10 Å². The van der Waals surface area contributed by atoms with Crippen LogP contribution in [0.2, 0.25) is 0 Å². The second-order valence-electron chi connectivity index (χ2n) is 3.32. The predicted octanol–water partition coefficient (Wildman–Crippen LogP) is 2.74. The number of hydrogen-bond acceptors (Lipinski definition) is 2. The normalized spacial score (nSPS) is 10.6. The average molecular weight is 190 g/mol. The van der Waals surface area contributed by atoms with E-state index in [0.29, 0.717) is 0 Å². The van der Waals surface area contributed by atoms with Gasteiger partial charge < -0.3 is 4.74 Å². The van der Waals surface area contributed by atoms with Gasteiger partial charge in [0.1, 0.15) is 5.75 Å². The Hall–Kier alpha value is -1.51. The summed E-state index contributed by atoms with van der Waals surface area (Å²) in [5, 5.41) is 7.96. The van der Waals surface area contributed by atoms with E-state index in [1.54, 1.807) is 0 Å². The lowest BCUT2D eigenvalue weighted by atomic mass is 10.2. The molecule has 0 radical (unpaired) electrons. The molecule has 1 heterocycles. The second-order valence-corrected chi connectivity index (χ2v) is 3.32. The van der Waals surface area contributed by atoms with Crippen molar-refractivity contribution in [1.29, 1.82) is 0 Å². The van der Waals surface area contributed by atoms with E-state index in [9.17, 15) is 0 Å². The molecule has 0 aliphatic carbocycles. The number of ether oxygens (including phenoxy) is 1. The van der Waals surface area contributed by atoms with Crippen molar-refractivity contribution in [1.82, 2.24) is 10.2 Å². The molecule has 0 spiro atoms. The van der Waals surface area contributed by atoms with Crippen molar-refractivity contribution in [3.05, 3.63) is 24.4 Å². The number of nitrogens with one attached hydrogen (secondary N) is 1. The first-order valence-electron chi connectivity index (χ1n) is 4.96. The molecule has 14 heavy (non-hydrogen) atoms. The van der Waals surface area contributed by atoms with E-state index >= 15 is 0 Å². The van der Waals surface area contributed by atoms with Gasteiger partial charge in [0.25, 0.3) is 0 Å². The van der Waals surface area contributed by atoms with E-state index in [1.807, 2.05) is 24.4 Å². The molecule has 0 unspecified atom stereocenters. The van der Waals surface area contributed by atoms with Crippen molar-refractivity contribution in [2.75, 3.05) is 6.61 Å². The zero-order valence-electron chi connectivity index (χ0n) is 8.29. The molecule has 1 aromatic carbocycles. The van der Waals surface area contributed by atoms with E-state index in [-0.39, 0.29) is 0 Å². The topological polar surface area (TPSA) is 37.9 Å². The molecule has 3 nitrogen and oxygen atoms in total. The van der Waals surface area contributed by atoms with Gasteiger partial charge in [-0.1, -0.05) is 13.3 Å². The van der Waals surface area contributed by atoms with E-state index in [0.717, 1.165) is 36.1 Å². The van der Waals surface area contributed by atoms with E-state index < -0.39 is 0 Å². The summed E-state index contributed by atoms with van der Waals surface area (Å²) in [6.45, 7) is 2.95. The van der Waals surface area contributed by atoms with Crippen LogP contribution >= 0.6 is 0 Å². The third kappa shape index (κ3) is 1.87. The zero-order valence-corrected chi connectivity index (χ0v) is 8.29. The van der Waals surface area contributed by atoms with Crippen LogP contribution in [-0.4, -0.2) is 16.8 Å². The third-order valence-electron chi connectivity index (χ3n) is 2.18. The predicted molar refractivity (Wildman–Crippen MR) is 56.5 cm³/mol. The van der Waals surface area contributed by atoms with Crippen LogP contribution in [-0.2, 0) is 0 Å². The van der Waals surface area contributed by atoms with Crippen molar-refractivity contribution in [2.45, 2.75) is 19.8 Å². The third-order valence-corrected chi connectivity index (χ3v) is 2.18. The van der Waals surface area contributed by atoms with Gasteiger partial charge >= 0.3 is 0 Å². The highest BCUT2D eigenvalue weighted by atomic mass is 16.5. The van der Waals surface area contributed by atoms with Gasteiger partial charge in [0, 0.05) is 5.39 Å². The number of aromatic amines is 1. The number of benzene rings is 1. The largest absolute Gasteiger partial charge is 0.494 e. The molecule has 0 aliphatic heterocycles. The smallest absolute Gasteiger partial charge is 0.120 e. The number of hydrogen-bond donors (Lipinski definition) is 1. The minimum atomic E-state index is 0.792. The van der Waals surface area contributed by atoms with Gasteiger partial charge in [0.2, 0.25) is 0 Å². The summed E-state index contributed by atoms with van der Waals surface area (Å²) >= 11 is 0. The van der Waals surface area contributed by atoms with E-state index in [2.05, 4.69) is 17.1 Å². The SMILES string of the molecule is CCCCOc1ccc2[nH]ncc2c1. The van der Waals surface area contributed by atoms with Crippen LogP contribution in [0.1, 0.15) is 19.8 Å². The summed E-state index contributed by atoms with van der Waals surface area (Å²) in [5.41, 5.74) is 1.05. The number of nitrogens with zero attached hydrogens (tertiary/aromatic N) is 1. The lowest BCUT2D eigenvalue weighted by Gasteiger charge is -2.04. The van der Waals surface area contributed by atoms with Crippen LogP contribution in [0.3, 0.4) is 0 Å². The quantitative estimate of drug-likeness (QED) is 0.753. The van der Waals surface area contributed by atoms with Crippen LogP contribution in [0.25, 0.3) is 10.9 Å². The molecule has 2 aromatic rings. The van der Waals surface area contributed by atoms with Gasteiger partial charge in [-0.25, -0.2) is 0 Å². The molecule has 0 bridgehead atoms. The van der Waals surface area contributed by atoms with Crippen molar-refractivity contribution in [3.63, 3.8) is 0 Å². The lowest BCUT2D eigenvalue weighted by molar-refractivity contribution is 0.310. The van der Waals surface area contributed by atoms with Crippen LogP contribution < -0.4 is 4.74 Å². The highest BCUT2D eigenvalue weighted by molar-refractivity contribution is 5.79. The fraction of sp³-hybridized carbons (Fsp3) is 0.364. The molecule has 0 atom stereocenters. The Morgan fingerprint density at radius 1 is 1.43 bits per heavy atom. The van der Waals surface area contributed by atoms with E-state index in [4.69, 9.17) is 4.74 Å². The second kappa shape index (κ2) is 4.13. The van der Waals surface area contributed by atoms with Gasteiger partial charge in [0.15, 0.2) is 0 Å². The molecule has 1 N–H and O–H groups in total. The minimum absolute atomic E-state index is 0.792. The lowest BCUT2D eigenvalue weighted by Crippen LogP contribution is -1.95.